The number of ketones is 2. The number of benzene rings is 2. The van der Waals surface area contributed by atoms with Gasteiger partial charge in [-0.25, -0.2) is 0 Å². The molecule has 0 bridgehead atoms. The first kappa shape index (κ1) is 13.7. The van der Waals surface area contributed by atoms with Crippen LogP contribution in [0.3, 0.4) is 0 Å². The molecule has 3 nitrogen and oxygen atoms in total. The summed E-state index contributed by atoms with van der Waals surface area (Å²) < 4.78 is 5.63. The van der Waals surface area contributed by atoms with E-state index in [4.69, 9.17) is 16.3 Å². The molecule has 1 saturated heterocycles. The smallest absolute Gasteiger partial charge is 0.174 e. The van der Waals surface area contributed by atoms with Crippen molar-refractivity contribution in [3.05, 3.63) is 70.2 Å². The molecule has 1 aliphatic carbocycles. The zero-order valence-corrected chi connectivity index (χ0v) is 12.5. The first-order valence-corrected chi connectivity index (χ1v) is 7.57. The van der Waals surface area contributed by atoms with Gasteiger partial charge in [0, 0.05) is 28.1 Å². The molecule has 2 aromatic rings. The summed E-state index contributed by atoms with van der Waals surface area (Å²) in [5.41, 5.74) is 1.30. The van der Waals surface area contributed by atoms with Gasteiger partial charge in [-0.2, -0.15) is 0 Å². The maximum Gasteiger partial charge on any atom is 0.174 e. The Balaban J connectivity index is 1.67. The van der Waals surface area contributed by atoms with Gasteiger partial charge >= 0.3 is 0 Å². The van der Waals surface area contributed by atoms with E-state index in [2.05, 4.69) is 0 Å². The van der Waals surface area contributed by atoms with Crippen LogP contribution in [-0.2, 0) is 10.3 Å². The molecule has 0 unspecified atom stereocenters. The fourth-order valence-electron chi connectivity index (χ4n) is 3.22. The lowest BCUT2D eigenvalue weighted by Crippen LogP contribution is -2.23. The predicted molar refractivity (Wildman–Crippen MR) is 82.3 cm³/mol. The molecule has 0 N–H and O–H groups in total. The second kappa shape index (κ2) is 4.77. The molecule has 1 heterocycles. The number of hydrogen-bond acceptors (Lipinski definition) is 3. The molecule has 4 rings (SSSR count). The summed E-state index contributed by atoms with van der Waals surface area (Å²) in [5, 5.41) is 0.607. The zero-order chi connectivity index (χ0) is 15.3. The van der Waals surface area contributed by atoms with Crippen LogP contribution in [0.1, 0.15) is 32.7 Å². The van der Waals surface area contributed by atoms with Gasteiger partial charge in [0.25, 0.3) is 0 Å². The van der Waals surface area contributed by atoms with E-state index >= 15 is 0 Å². The molecule has 4 heteroatoms. The molecule has 2 aromatic carbocycles. The van der Waals surface area contributed by atoms with E-state index in [1.807, 2.05) is 18.2 Å². The maximum absolute atomic E-state index is 12.5. The fourth-order valence-corrected chi connectivity index (χ4v) is 3.53. The van der Waals surface area contributed by atoms with E-state index < -0.39 is 11.5 Å². The van der Waals surface area contributed by atoms with Crippen molar-refractivity contribution in [3.8, 4) is 0 Å². The summed E-state index contributed by atoms with van der Waals surface area (Å²) in [6, 6.07) is 14.4. The van der Waals surface area contributed by atoms with Crippen LogP contribution < -0.4 is 0 Å². The molecule has 0 aromatic heterocycles. The van der Waals surface area contributed by atoms with Gasteiger partial charge in [-0.1, -0.05) is 54.1 Å². The highest BCUT2D eigenvalue weighted by Gasteiger charge is 2.53. The second-order valence-corrected chi connectivity index (χ2v) is 6.20. The van der Waals surface area contributed by atoms with Crippen LogP contribution in [0.4, 0.5) is 0 Å². The summed E-state index contributed by atoms with van der Waals surface area (Å²) >= 11 is 6.25. The minimum absolute atomic E-state index is 0.109. The minimum Gasteiger partial charge on any atom is -0.364 e. The van der Waals surface area contributed by atoms with E-state index in [-0.39, 0.29) is 11.6 Å². The highest BCUT2D eigenvalue weighted by atomic mass is 35.5. The van der Waals surface area contributed by atoms with Crippen molar-refractivity contribution in [3.63, 3.8) is 0 Å². The van der Waals surface area contributed by atoms with Crippen LogP contribution in [0.25, 0.3) is 0 Å². The monoisotopic (exact) mass is 312 g/mol. The Kier molecular flexibility index (Phi) is 2.96. The molecule has 1 aliphatic heterocycles. The lowest BCUT2D eigenvalue weighted by atomic mass is 9.86. The summed E-state index contributed by atoms with van der Waals surface area (Å²) in [4.78, 5) is 25.0. The molecule has 0 spiro atoms. The van der Waals surface area contributed by atoms with Crippen LogP contribution in [0, 0.1) is 5.92 Å². The number of carbonyl (C=O) groups excluding carboxylic acids is 2. The Bertz CT molecular complexity index is 757. The molecule has 2 aliphatic rings. The summed E-state index contributed by atoms with van der Waals surface area (Å²) in [7, 11) is 0. The predicted octanol–water partition coefficient (Wildman–Crippen LogP) is 3.65. The number of carbonyl (C=O) groups is 2. The van der Waals surface area contributed by atoms with Gasteiger partial charge in [-0.15, -0.1) is 0 Å². The number of ether oxygens (including phenoxy) is 1. The highest BCUT2D eigenvalue weighted by Crippen LogP contribution is 2.48. The third kappa shape index (κ3) is 1.93. The van der Waals surface area contributed by atoms with Crippen LogP contribution in [0.5, 0.6) is 0 Å². The van der Waals surface area contributed by atoms with E-state index in [1.54, 1.807) is 30.3 Å². The number of Topliss-reactive ketones (excluding diaryl/α,β-unsaturated/α-hetero) is 2. The van der Waals surface area contributed by atoms with E-state index in [1.165, 1.54) is 0 Å². The topological polar surface area (TPSA) is 46.7 Å². The molecular weight excluding hydrogens is 300 g/mol. The normalized spacial score (nSPS) is 23.7. The zero-order valence-electron chi connectivity index (χ0n) is 11.7. The van der Waals surface area contributed by atoms with Crippen molar-refractivity contribution < 1.29 is 14.3 Å². The van der Waals surface area contributed by atoms with Crippen molar-refractivity contribution in [1.29, 1.82) is 0 Å². The number of halogens is 1. The van der Waals surface area contributed by atoms with Gasteiger partial charge in [-0.3, -0.25) is 9.59 Å². The summed E-state index contributed by atoms with van der Waals surface area (Å²) in [6.45, 7) is 0.490. The Morgan fingerprint density at radius 2 is 1.55 bits per heavy atom. The average molecular weight is 313 g/mol. The van der Waals surface area contributed by atoms with Crippen molar-refractivity contribution in [2.75, 3.05) is 6.61 Å². The number of epoxide rings is 1. The van der Waals surface area contributed by atoms with Crippen molar-refractivity contribution >= 4 is 23.2 Å². The fraction of sp³-hybridized carbons (Fsp3) is 0.222. The van der Waals surface area contributed by atoms with Crippen molar-refractivity contribution in [2.24, 2.45) is 5.92 Å². The summed E-state index contributed by atoms with van der Waals surface area (Å²) in [5.74, 6) is -0.888. The molecule has 1 atom stereocenters. The maximum atomic E-state index is 12.5. The molecule has 0 saturated carbocycles. The lowest BCUT2D eigenvalue weighted by molar-refractivity contribution is 0.0801. The SMILES string of the molecule is O=C1c2ccccc2C(=O)C1C[C@]1(c2ccccc2Cl)CO1. The average Bonchev–Trinajstić information content (AvgIpc) is 3.28. The Morgan fingerprint density at radius 1 is 1.00 bits per heavy atom. The number of fused-ring (bicyclic) bond motifs is 1. The largest absolute Gasteiger partial charge is 0.364 e. The molecule has 0 amide bonds. The third-order valence-electron chi connectivity index (χ3n) is 4.48. The van der Waals surface area contributed by atoms with Crippen LogP contribution in [-0.4, -0.2) is 18.2 Å². The molecule has 1 fully saturated rings. The van der Waals surface area contributed by atoms with Crippen LogP contribution in [0.2, 0.25) is 5.02 Å². The van der Waals surface area contributed by atoms with Crippen LogP contribution in [0.15, 0.2) is 48.5 Å². The Hall–Kier alpha value is -1.97. The molecule has 110 valence electrons. The van der Waals surface area contributed by atoms with Gasteiger partial charge in [-0.05, 0) is 6.07 Å². The first-order chi connectivity index (χ1) is 10.6. The van der Waals surface area contributed by atoms with E-state index in [0.29, 0.717) is 29.2 Å². The van der Waals surface area contributed by atoms with Crippen molar-refractivity contribution in [1.82, 2.24) is 0 Å². The van der Waals surface area contributed by atoms with Gasteiger partial charge in [0.05, 0.1) is 12.5 Å². The van der Waals surface area contributed by atoms with Crippen LogP contribution >= 0.6 is 11.6 Å². The van der Waals surface area contributed by atoms with Gasteiger partial charge in [0.1, 0.15) is 5.60 Å². The van der Waals surface area contributed by atoms with Gasteiger partial charge in [0.2, 0.25) is 0 Å². The van der Waals surface area contributed by atoms with E-state index in [9.17, 15) is 9.59 Å². The molecule has 22 heavy (non-hydrogen) atoms. The quantitative estimate of drug-likeness (QED) is 0.642. The van der Waals surface area contributed by atoms with Gasteiger partial charge in [0.15, 0.2) is 11.6 Å². The third-order valence-corrected chi connectivity index (χ3v) is 4.81. The lowest BCUT2D eigenvalue weighted by Gasteiger charge is -2.16. The Labute approximate surface area is 132 Å². The van der Waals surface area contributed by atoms with Crippen molar-refractivity contribution in [2.45, 2.75) is 12.0 Å². The highest BCUT2D eigenvalue weighted by molar-refractivity contribution is 6.31. The van der Waals surface area contributed by atoms with Gasteiger partial charge < -0.3 is 4.74 Å². The minimum atomic E-state index is -0.670. The Morgan fingerprint density at radius 3 is 2.09 bits per heavy atom. The second-order valence-electron chi connectivity index (χ2n) is 5.79. The first-order valence-electron chi connectivity index (χ1n) is 7.19. The molecular formula is C18H13ClO3. The van der Waals surface area contributed by atoms with E-state index in [0.717, 1.165) is 5.56 Å². The standard InChI is InChI=1S/C18H13ClO3/c19-15-8-4-3-7-14(15)18(10-22-18)9-13-16(20)11-5-1-2-6-12(11)17(13)21/h1-8,13H,9-10H2/t18-/m1/s1. The number of rotatable bonds is 3. The molecule has 0 radical (unpaired) electrons. The summed E-state index contributed by atoms with van der Waals surface area (Å²) in [6.07, 6.45) is 0.350. The number of hydrogen-bond donors (Lipinski definition) is 0.